The summed E-state index contributed by atoms with van der Waals surface area (Å²) in [6.45, 7) is 5.01. The SMILES string of the molecule is Cc1[nH]c(=O)sc1S(=O)(=O)NC(C)C. The van der Waals surface area contributed by atoms with Crippen molar-refractivity contribution in [3.8, 4) is 0 Å². The third-order valence-electron chi connectivity index (χ3n) is 1.42. The standard InChI is InChI=1S/C7H12N2O3S2/c1-4(2)9-14(11,12)6-5(3)8-7(10)13-6/h4,9H,1-3H3,(H,8,10). The van der Waals surface area contributed by atoms with Crippen molar-refractivity contribution < 1.29 is 8.42 Å². The topological polar surface area (TPSA) is 79.0 Å². The Bertz CT molecular complexity index is 469. The number of H-pyrrole nitrogens is 1. The van der Waals surface area contributed by atoms with E-state index in [9.17, 15) is 13.2 Å². The van der Waals surface area contributed by atoms with Crippen molar-refractivity contribution in [2.45, 2.75) is 31.0 Å². The van der Waals surface area contributed by atoms with Gasteiger partial charge in [-0.2, -0.15) is 0 Å². The van der Waals surface area contributed by atoms with Gasteiger partial charge in [-0.3, -0.25) is 4.79 Å². The maximum atomic E-state index is 11.6. The van der Waals surface area contributed by atoms with Crippen molar-refractivity contribution >= 4 is 21.4 Å². The van der Waals surface area contributed by atoms with E-state index in [0.29, 0.717) is 17.0 Å². The Morgan fingerprint density at radius 3 is 2.36 bits per heavy atom. The van der Waals surface area contributed by atoms with Crippen LogP contribution in [0.1, 0.15) is 19.5 Å². The summed E-state index contributed by atoms with van der Waals surface area (Å²) in [5.74, 6) is 0. The van der Waals surface area contributed by atoms with E-state index >= 15 is 0 Å². The highest BCUT2D eigenvalue weighted by molar-refractivity contribution is 7.91. The second kappa shape index (κ2) is 3.84. The van der Waals surface area contributed by atoms with Crippen LogP contribution in [0.2, 0.25) is 0 Å². The van der Waals surface area contributed by atoms with Crippen LogP contribution >= 0.6 is 11.3 Å². The minimum Gasteiger partial charge on any atom is -0.315 e. The van der Waals surface area contributed by atoms with E-state index in [1.54, 1.807) is 20.8 Å². The normalized spacial score (nSPS) is 12.3. The molecule has 0 atom stereocenters. The molecule has 0 saturated carbocycles. The molecule has 0 fully saturated rings. The van der Waals surface area contributed by atoms with Crippen molar-refractivity contribution in [3.63, 3.8) is 0 Å². The number of rotatable bonds is 3. The van der Waals surface area contributed by atoms with Gasteiger partial charge in [0, 0.05) is 11.7 Å². The number of aryl methyl sites for hydroxylation is 1. The highest BCUT2D eigenvalue weighted by Crippen LogP contribution is 2.15. The van der Waals surface area contributed by atoms with E-state index in [0.717, 1.165) is 0 Å². The first kappa shape index (κ1) is 11.4. The van der Waals surface area contributed by atoms with Crippen LogP contribution in [-0.4, -0.2) is 19.4 Å². The first-order valence-corrected chi connectivity index (χ1v) is 6.35. The van der Waals surface area contributed by atoms with E-state index in [4.69, 9.17) is 0 Å². The predicted octanol–water partition coefficient (Wildman–Crippen LogP) is 0.432. The Kier molecular flexibility index (Phi) is 3.13. The summed E-state index contributed by atoms with van der Waals surface area (Å²) < 4.78 is 25.7. The molecule has 7 heteroatoms. The fourth-order valence-electron chi connectivity index (χ4n) is 1.01. The lowest BCUT2D eigenvalue weighted by Crippen LogP contribution is -2.30. The lowest BCUT2D eigenvalue weighted by molar-refractivity contribution is 0.571. The molecular weight excluding hydrogens is 224 g/mol. The fourth-order valence-corrected chi connectivity index (χ4v) is 3.58. The van der Waals surface area contributed by atoms with Gasteiger partial charge in [-0.1, -0.05) is 11.3 Å². The van der Waals surface area contributed by atoms with Gasteiger partial charge < -0.3 is 4.98 Å². The zero-order valence-corrected chi connectivity index (χ0v) is 9.75. The van der Waals surface area contributed by atoms with Crippen molar-refractivity contribution in [2.24, 2.45) is 0 Å². The second-order valence-corrected chi connectivity index (χ2v) is 6.10. The summed E-state index contributed by atoms with van der Waals surface area (Å²) in [7, 11) is -3.53. The summed E-state index contributed by atoms with van der Waals surface area (Å²) in [4.78, 5) is 13.0. The van der Waals surface area contributed by atoms with Crippen LogP contribution in [0.15, 0.2) is 9.00 Å². The highest BCUT2D eigenvalue weighted by Gasteiger charge is 2.20. The molecule has 0 aliphatic carbocycles. The molecule has 5 nitrogen and oxygen atoms in total. The second-order valence-electron chi connectivity index (χ2n) is 3.20. The molecule has 0 amide bonds. The van der Waals surface area contributed by atoms with E-state index < -0.39 is 10.0 Å². The molecule has 0 spiro atoms. The summed E-state index contributed by atoms with van der Waals surface area (Å²) in [5.41, 5.74) is 0.383. The third kappa shape index (κ3) is 2.43. The Labute approximate surface area is 86.2 Å². The van der Waals surface area contributed by atoms with Gasteiger partial charge in [-0.05, 0) is 20.8 Å². The molecular formula is C7H12N2O3S2. The van der Waals surface area contributed by atoms with E-state index in [1.165, 1.54) is 0 Å². The maximum absolute atomic E-state index is 11.6. The summed E-state index contributed by atoms with van der Waals surface area (Å²) in [6.07, 6.45) is 0. The molecule has 1 aromatic heterocycles. The van der Waals surface area contributed by atoms with E-state index in [-0.39, 0.29) is 15.1 Å². The molecule has 0 aliphatic heterocycles. The van der Waals surface area contributed by atoms with Crippen LogP contribution in [0.4, 0.5) is 0 Å². The lowest BCUT2D eigenvalue weighted by atomic mass is 10.4. The van der Waals surface area contributed by atoms with Crippen molar-refractivity contribution in [1.29, 1.82) is 0 Å². The summed E-state index contributed by atoms with van der Waals surface area (Å²) in [5, 5.41) is 0. The molecule has 0 aliphatic rings. The van der Waals surface area contributed by atoms with Crippen LogP contribution in [0.25, 0.3) is 0 Å². The Morgan fingerprint density at radius 1 is 1.43 bits per heavy atom. The maximum Gasteiger partial charge on any atom is 0.305 e. The monoisotopic (exact) mass is 236 g/mol. The number of sulfonamides is 1. The van der Waals surface area contributed by atoms with Crippen molar-refractivity contribution in [3.05, 3.63) is 15.4 Å². The Balaban J connectivity index is 3.17. The lowest BCUT2D eigenvalue weighted by Gasteiger charge is -2.07. The van der Waals surface area contributed by atoms with Gasteiger partial charge in [0.1, 0.15) is 0 Å². The first-order chi connectivity index (χ1) is 6.33. The molecule has 2 N–H and O–H groups in total. The highest BCUT2D eigenvalue weighted by atomic mass is 32.2. The Hall–Kier alpha value is -0.660. The molecule has 0 bridgehead atoms. The van der Waals surface area contributed by atoms with Gasteiger partial charge >= 0.3 is 4.87 Å². The molecule has 1 aromatic rings. The van der Waals surface area contributed by atoms with E-state index in [2.05, 4.69) is 9.71 Å². The zero-order chi connectivity index (χ0) is 10.9. The molecule has 1 heterocycles. The zero-order valence-electron chi connectivity index (χ0n) is 8.12. The largest absolute Gasteiger partial charge is 0.315 e. The quantitative estimate of drug-likeness (QED) is 0.799. The average molecular weight is 236 g/mol. The molecule has 0 aromatic carbocycles. The van der Waals surface area contributed by atoms with Crippen LogP contribution in [0.5, 0.6) is 0 Å². The van der Waals surface area contributed by atoms with Gasteiger partial charge in [0.15, 0.2) is 4.21 Å². The van der Waals surface area contributed by atoms with Crippen molar-refractivity contribution in [2.75, 3.05) is 0 Å². The predicted molar refractivity (Wildman–Crippen MR) is 55.1 cm³/mol. The Morgan fingerprint density at radius 2 is 2.00 bits per heavy atom. The number of aromatic nitrogens is 1. The third-order valence-corrected chi connectivity index (χ3v) is 4.68. The van der Waals surface area contributed by atoms with Crippen LogP contribution in [0.3, 0.4) is 0 Å². The molecule has 80 valence electrons. The van der Waals surface area contributed by atoms with E-state index in [1.807, 2.05) is 0 Å². The van der Waals surface area contributed by atoms with Gasteiger partial charge in [0.2, 0.25) is 0 Å². The van der Waals surface area contributed by atoms with Crippen LogP contribution < -0.4 is 9.60 Å². The van der Waals surface area contributed by atoms with Crippen LogP contribution in [-0.2, 0) is 10.0 Å². The molecule has 0 saturated heterocycles. The number of thiazole rings is 1. The van der Waals surface area contributed by atoms with Crippen molar-refractivity contribution in [1.82, 2.24) is 9.71 Å². The van der Waals surface area contributed by atoms with Crippen LogP contribution in [0, 0.1) is 6.92 Å². The number of aromatic amines is 1. The van der Waals surface area contributed by atoms with Gasteiger partial charge in [0.25, 0.3) is 10.0 Å². The first-order valence-electron chi connectivity index (χ1n) is 4.05. The summed E-state index contributed by atoms with van der Waals surface area (Å²) in [6, 6.07) is -0.184. The molecule has 1 rings (SSSR count). The smallest absolute Gasteiger partial charge is 0.305 e. The summed E-state index contributed by atoms with van der Waals surface area (Å²) >= 11 is 0.702. The minimum absolute atomic E-state index is 0.0659. The molecule has 14 heavy (non-hydrogen) atoms. The van der Waals surface area contributed by atoms with Gasteiger partial charge in [-0.25, -0.2) is 13.1 Å². The number of hydrogen-bond donors (Lipinski definition) is 2. The number of hydrogen-bond acceptors (Lipinski definition) is 4. The molecule has 0 unspecified atom stereocenters. The average Bonchev–Trinajstić information content (AvgIpc) is 2.27. The molecule has 0 radical (unpaired) electrons. The number of nitrogens with one attached hydrogen (secondary N) is 2. The van der Waals surface area contributed by atoms with Gasteiger partial charge in [0.05, 0.1) is 0 Å². The minimum atomic E-state index is -3.53. The fraction of sp³-hybridized carbons (Fsp3) is 0.571. The van der Waals surface area contributed by atoms with Gasteiger partial charge in [-0.15, -0.1) is 0 Å².